The maximum Gasteiger partial charge on any atom is 0.291 e. The van der Waals surface area contributed by atoms with Crippen molar-refractivity contribution in [3.63, 3.8) is 0 Å². The number of halogens is 3. The molecule has 2 amide bonds. The number of likely N-dealkylation sites (N-methyl/N-ethyl adjacent to an activating group) is 1. The van der Waals surface area contributed by atoms with E-state index in [0.29, 0.717) is 45.7 Å². The van der Waals surface area contributed by atoms with E-state index in [1.54, 1.807) is 54.6 Å². The number of nitrogens with one attached hydrogen (secondary N) is 2. The van der Waals surface area contributed by atoms with Crippen LogP contribution in [0.25, 0.3) is 11.3 Å². The molecule has 0 aliphatic heterocycles. The van der Waals surface area contributed by atoms with Gasteiger partial charge in [0.2, 0.25) is 0 Å². The first-order valence-electron chi connectivity index (χ1n) is 9.23. The van der Waals surface area contributed by atoms with Crippen LogP contribution in [0.1, 0.15) is 20.9 Å². The first-order chi connectivity index (χ1) is 14.3. The second-order valence-electron chi connectivity index (χ2n) is 6.85. The van der Waals surface area contributed by atoms with Gasteiger partial charge in [-0.1, -0.05) is 35.3 Å². The van der Waals surface area contributed by atoms with Gasteiger partial charge in [-0.2, -0.15) is 0 Å². The largest absolute Gasteiger partial charge is 0.451 e. The summed E-state index contributed by atoms with van der Waals surface area (Å²) in [5, 5.41) is 6.41. The van der Waals surface area contributed by atoms with E-state index >= 15 is 0 Å². The van der Waals surface area contributed by atoms with E-state index in [1.807, 2.05) is 19.0 Å². The fraction of sp³-hybridized carbons (Fsp3) is 0.182. The number of hydrogen-bond donors (Lipinski definition) is 2. The first-order valence-corrected chi connectivity index (χ1v) is 9.99. The molecule has 2 aromatic carbocycles. The van der Waals surface area contributed by atoms with Gasteiger partial charge in [-0.05, 0) is 56.6 Å². The van der Waals surface area contributed by atoms with Crippen molar-refractivity contribution in [3.05, 3.63) is 76.0 Å². The van der Waals surface area contributed by atoms with Crippen LogP contribution in [0.4, 0.5) is 5.69 Å². The molecule has 0 spiro atoms. The molecule has 0 unspecified atom stereocenters. The molecular weight excluding hydrogens is 461 g/mol. The number of para-hydroxylation sites is 1. The molecule has 0 radical (unpaired) electrons. The van der Waals surface area contributed by atoms with E-state index < -0.39 is 5.91 Å². The van der Waals surface area contributed by atoms with Crippen molar-refractivity contribution in [2.45, 2.75) is 0 Å². The van der Waals surface area contributed by atoms with Crippen LogP contribution < -0.4 is 10.6 Å². The van der Waals surface area contributed by atoms with Gasteiger partial charge in [-0.15, -0.1) is 12.4 Å². The lowest BCUT2D eigenvalue weighted by Gasteiger charge is -2.13. The Labute approximate surface area is 196 Å². The van der Waals surface area contributed by atoms with Crippen LogP contribution in [0.2, 0.25) is 10.0 Å². The highest BCUT2D eigenvalue weighted by molar-refractivity contribution is 6.42. The van der Waals surface area contributed by atoms with Crippen molar-refractivity contribution >= 4 is 53.1 Å². The molecule has 0 bridgehead atoms. The van der Waals surface area contributed by atoms with Gasteiger partial charge in [0.1, 0.15) is 5.76 Å². The van der Waals surface area contributed by atoms with E-state index in [2.05, 4.69) is 10.6 Å². The minimum Gasteiger partial charge on any atom is -0.451 e. The monoisotopic (exact) mass is 481 g/mol. The molecule has 6 nitrogen and oxygen atoms in total. The second-order valence-corrected chi connectivity index (χ2v) is 7.67. The summed E-state index contributed by atoms with van der Waals surface area (Å²) < 4.78 is 5.67. The van der Waals surface area contributed by atoms with Gasteiger partial charge < -0.3 is 20.0 Å². The molecule has 0 atom stereocenters. The molecule has 31 heavy (non-hydrogen) atoms. The topological polar surface area (TPSA) is 74.6 Å². The number of furan rings is 1. The molecule has 0 saturated carbocycles. The summed E-state index contributed by atoms with van der Waals surface area (Å²) in [4.78, 5) is 27.1. The van der Waals surface area contributed by atoms with Gasteiger partial charge in [0, 0.05) is 18.7 Å². The van der Waals surface area contributed by atoms with Crippen molar-refractivity contribution in [2.75, 3.05) is 32.5 Å². The van der Waals surface area contributed by atoms with Crippen LogP contribution in [-0.2, 0) is 0 Å². The van der Waals surface area contributed by atoms with Crippen molar-refractivity contribution in [2.24, 2.45) is 0 Å². The Hall–Kier alpha value is -2.51. The predicted molar refractivity (Wildman–Crippen MR) is 127 cm³/mol. The fourth-order valence-electron chi connectivity index (χ4n) is 2.73. The number of rotatable bonds is 7. The van der Waals surface area contributed by atoms with E-state index in [0.717, 1.165) is 0 Å². The third-order valence-electron chi connectivity index (χ3n) is 4.30. The van der Waals surface area contributed by atoms with Crippen molar-refractivity contribution < 1.29 is 14.0 Å². The maximum absolute atomic E-state index is 12.7. The molecule has 0 fully saturated rings. The highest BCUT2D eigenvalue weighted by atomic mass is 35.5. The summed E-state index contributed by atoms with van der Waals surface area (Å²) in [6, 6.07) is 15.1. The Bertz CT molecular complexity index is 1070. The number of carbonyl (C=O) groups excluding carboxylic acids is 2. The van der Waals surface area contributed by atoms with Gasteiger partial charge in [-0.25, -0.2) is 0 Å². The van der Waals surface area contributed by atoms with E-state index in [9.17, 15) is 9.59 Å². The zero-order chi connectivity index (χ0) is 21.7. The lowest BCUT2D eigenvalue weighted by Crippen LogP contribution is -2.32. The Morgan fingerprint density at radius 1 is 0.968 bits per heavy atom. The van der Waals surface area contributed by atoms with Crippen LogP contribution in [0.15, 0.2) is 59.0 Å². The summed E-state index contributed by atoms with van der Waals surface area (Å²) >= 11 is 12.0. The number of anilines is 1. The standard InChI is InChI=1S/C22H21Cl2N3O3.ClH/c1-27(2)12-11-25-21(28)15-5-3-4-6-18(15)26-22(29)20-10-9-19(30-20)14-7-8-16(23)17(24)13-14;/h3-10,13H,11-12H2,1-2H3,(H,25,28)(H,26,29);1H. The molecule has 0 saturated heterocycles. The molecule has 0 aliphatic carbocycles. The highest BCUT2D eigenvalue weighted by Crippen LogP contribution is 2.30. The van der Waals surface area contributed by atoms with Crippen molar-refractivity contribution in [1.82, 2.24) is 10.2 Å². The Kier molecular flexibility index (Phi) is 8.95. The molecule has 0 aliphatic rings. The van der Waals surface area contributed by atoms with Gasteiger partial charge in [0.05, 0.1) is 21.3 Å². The normalized spacial score (nSPS) is 10.5. The third-order valence-corrected chi connectivity index (χ3v) is 5.04. The van der Waals surface area contributed by atoms with Gasteiger partial charge in [0.25, 0.3) is 11.8 Å². The van der Waals surface area contributed by atoms with Gasteiger partial charge >= 0.3 is 0 Å². The lowest BCUT2D eigenvalue weighted by atomic mass is 10.1. The van der Waals surface area contributed by atoms with Gasteiger partial charge in [0.15, 0.2) is 5.76 Å². The molecule has 3 aromatic rings. The second kappa shape index (κ2) is 11.2. The van der Waals surface area contributed by atoms with Crippen LogP contribution in [0.5, 0.6) is 0 Å². The van der Waals surface area contributed by atoms with E-state index in [1.165, 1.54) is 0 Å². The van der Waals surface area contributed by atoms with Crippen LogP contribution in [0, 0.1) is 0 Å². The number of carbonyl (C=O) groups is 2. The molecular formula is C22H22Cl3N3O3. The predicted octanol–water partition coefficient (Wildman–Crippen LogP) is 5.22. The molecule has 1 heterocycles. The zero-order valence-corrected chi connectivity index (χ0v) is 19.3. The molecule has 1 aromatic heterocycles. The summed E-state index contributed by atoms with van der Waals surface area (Å²) in [5.41, 5.74) is 1.47. The van der Waals surface area contributed by atoms with Crippen molar-refractivity contribution in [3.8, 4) is 11.3 Å². The fourth-order valence-corrected chi connectivity index (χ4v) is 3.02. The van der Waals surface area contributed by atoms with E-state index in [-0.39, 0.29) is 24.1 Å². The quantitative estimate of drug-likeness (QED) is 0.484. The first kappa shape index (κ1) is 24.8. The van der Waals surface area contributed by atoms with Crippen LogP contribution >= 0.6 is 35.6 Å². The Balaban J connectivity index is 0.00000341. The summed E-state index contributed by atoms with van der Waals surface area (Å²) in [7, 11) is 3.85. The molecule has 3 rings (SSSR count). The minimum absolute atomic E-state index is 0. The molecule has 164 valence electrons. The smallest absolute Gasteiger partial charge is 0.291 e. The zero-order valence-electron chi connectivity index (χ0n) is 16.9. The summed E-state index contributed by atoms with van der Waals surface area (Å²) in [6.45, 7) is 1.21. The number of amides is 2. The van der Waals surface area contributed by atoms with Crippen LogP contribution in [-0.4, -0.2) is 43.9 Å². The number of hydrogen-bond acceptors (Lipinski definition) is 4. The van der Waals surface area contributed by atoms with Crippen LogP contribution in [0.3, 0.4) is 0 Å². The number of nitrogens with zero attached hydrogens (tertiary/aromatic N) is 1. The average molecular weight is 483 g/mol. The Morgan fingerprint density at radius 2 is 1.71 bits per heavy atom. The van der Waals surface area contributed by atoms with Crippen molar-refractivity contribution in [1.29, 1.82) is 0 Å². The highest BCUT2D eigenvalue weighted by Gasteiger charge is 2.17. The maximum atomic E-state index is 12.7. The Morgan fingerprint density at radius 3 is 2.42 bits per heavy atom. The summed E-state index contributed by atoms with van der Waals surface area (Å²) in [6.07, 6.45) is 0. The van der Waals surface area contributed by atoms with Gasteiger partial charge in [-0.3, -0.25) is 9.59 Å². The average Bonchev–Trinajstić information content (AvgIpc) is 3.20. The molecule has 9 heteroatoms. The number of benzene rings is 2. The minimum atomic E-state index is -0.463. The SMILES string of the molecule is CN(C)CCNC(=O)c1ccccc1NC(=O)c1ccc(-c2ccc(Cl)c(Cl)c2)o1.Cl. The molecule has 2 N–H and O–H groups in total. The lowest BCUT2D eigenvalue weighted by molar-refractivity contribution is 0.0952. The third kappa shape index (κ3) is 6.48. The van der Waals surface area contributed by atoms with E-state index in [4.69, 9.17) is 27.6 Å². The summed E-state index contributed by atoms with van der Waals surface area (Å²) in [5.74, 6) is -0.133.